The van der Waals surface area contributed by atoms with Gasteiger partial charge in [-0.1, -0.05) is 17.7 Å². The lowest BCUT2D eigenvalue weighted by molar-refractivity contribution is 0.102. The van der Waals surface area contributed by atoms with Crippen LogP contribution < -0.4 is 5.32 Å². The molecule has 1 N–H and O–H groups in total. The van der Waals surface area contributed by atoms with Gasteiger partial charge in [0, 0.05) is 11.7 Å². The molecule has 1 aromatic carbocycles. The van der Waals surface area contributed by atoms with Crippen molar-refractivity contribution in [3.8, 4) is 0 Å². The average Bonchev–Trinajstić information content (AvgIpc) is 2.93. The zero-order chi connectivity index (χ0) is 18.3. The Morgan fingerprint density at radius 1 is 1.20 bits per heavy atom. The van der Waals surface area contributed by atoms with E-state index < -0.39 is 0 Å². The van der Waals surface area contributed by atoms with E-state index in [4.69, 9.17) is 11.6 Å². The molecule has 0 bridgehead atoms. The molecule has 0 aliphatic heterocycles. The molecule has 25 heavy (non-hydrogen) atoms. The number of anilines is 1. The van der Waals surface area contributed by atoms with E-state index in [2.05, 4.69) is 15.4 Å². The largest absolute Gasteiger partial charge is 0.320 e. The van der Waals surface area contributed by atoms with E-state index in [1.165, 1.54) is 0 Å². The summed E-state index contributed by atoms with van der Waals surface area (Å²) < 4.78 is 1.82. The fourth-order valence-electron chi connectivity index (χ4n) is 2.96. The monoisotopic (exact) mass is 356 g/mol. The minimum Gasteiger partial charge on any atom is -0.320 e. The van der Waals surface area contributed by atoms with Gasteiger partial charge in [0.1, 0.15) is 0 Å². The van der Waals surface area contributed by atoms with Gasteiger partial charge in [0.2, 0.25) is 0 Å². The molecule has 5 nitrogen and oxygen atoms in total. The quantitative estimate of drug-likeness (QED) is 0.730. The lowest BCUT2D eigenvalue weighted by atomic mass is 10.1. The summed E-state index contributed by atoms with van der Waals surface area (Å²) in [5.41, 5.74) is 4.65. The number of benzene rings is 1. The molecule has 6 heteroatoms. The number of halogens is 1. The molecular weight excluding hydrogens is 336 g/mol. The molecule has 0 unspecified atom stereocenters. The van der Waals surface area contributed by atoms with Crippen molar-refractivity contribution in [2.75, 3.05) is 5.32 Å². The summed E-state index contributed by atoms with van der Waals surface area (Å²) in [6.45, 7) is 9.84. The van der Waals surface area contributed by atoms with Gasteiger partial charge >= 0.3 is 0 Å². The number of nitrogens with zero attached hydrogens (tertiary/aromatic N) is 3. The normalized spacial score (nSPS) is 11.3. The highest BCUT2D eigenvalue weighted by Crippen LogP contribution is 2.29. The van der Waals surface area contributed by atoms with Crippen LogP contribution in [0.4, 0.5) is 5.69 Å². The molecule has 1 amide bonds. The SMILES string of the molecule is Cc1cc(C)c(NC(=O)c2cc(C)nc3c2cnn3C(C)C)c(Cl)c1. The first-order chi connectivity index (χ1) is 11.8. The van der Waals surface area contributed by atoms with Crippen LogP contribution in [0.25, 0.3) is 11.0 Å². The predicted molar refractivity (Wildman–Crippen MR) is 102 cm³/mol. The molecule has 2 heterocycles. The number of aromatic nitrogens is 3. The van der Waals surface area contributed by atoms with Gasteiger partial charge in [-0.05, 0) is 57.9 Å². The van der Waals surface area contributed by atoms with Crippen molar-refractivity contribution < 1.29 is 4.79 Å². The zero-order valence-corrected chi connectivity index (χ0v) is 15.8. The van der Waals surface area contributed by atoms with Crippen LogP contribution >= 0.6 is 11.6 Å². The number of pyridine rings is 1. The van der Waals surface area contributed by atoms with Gasteiger partial charge in [-0.15, -0.1) is 0 Å². The van der Waals surface area contributed by atoms with Gasteiger partial charge in [-0.3, -0.25) is 4.79 Å². The van der Waals surface area contributed by atoms with Crippen molar-refractivity contribution in [3.05, 3.63) is 51.8 Å². The number of amides is 1. The maximum Gasteiger partial charge on any atom is 0.256 e. The van der Waals surface area contributed by atoms with Crippen molar-refractivity contribution in [2.24, 2.45) is 0 Å². The molecule has 0 aliphatic rings. The van der Waals surface area contributed by atoms with E-state index in [-0.39, 0.29) is 11.9 Å². The minimum absolute atomic E-state index is 0.163. The van der Waals surface area contributed by atoms with Gasteiger partial charge in [0.05, 0.1) is 27.9 Å². The summed E-state index contributed by atoms with van der Waals surface area (Å²) >= 11 is 6.32. The molecule has 2 aromatic heterocycles. The first-order valence-corrected chi connectivity index (χ1v) is 8.58. The number of hydrogen-bond donors (Lipinski definition) is 1. The van der Waals surface area contributed by atoms with Crippen molar-refractivity contribution in [2.45, 2.75) is 40.7 Å². The number of carbonyl (C=O) groups is 1. The third-order valence-corrected chi connectivity index (χ3v) is 4.40. The highest BCUT2D eigenvalue weighted by atomic mass is 35.5. The maximum absolute atomic E-state index is 12.9. The van der Waals surface area contributed by atoms with E-state index in [1.807, 2.05) is 51.4 Å². The van der Waals surface area contributed by atoms with Crippen LogP contribution in [-0.2, 0) is 0 Å². The second-order valence-corrected chi connectivity index (χ2v) is 7.03. The second-order valence-electron chi connectivity index (χ2n) is 6.62. The first-order valence-electron chi connectivity index (χ1n) is 8.21. The fraction of sp³-hybridized carbons (Fsp3) is 0.316. The van der Waals surface area contributed by atoms with Crippen molar-refractivity contribution in [1.82, 2.24) is 14.8 Å². The molecule has 0 saturated carbocycles. The zero-order valence-electron chi connectivity index (χ0n) is 15.0. The molecular formula is C19H21ClN4O. The summed E-state index contributed by atoms with van der Waals surface area (Å²) in [5.74, 6) is -0.215. The van der Waals surface area contributed by atoms with E-state index in [0.29, 0.717) is 21.9 Å². The Hall–Kier alpha value is -2.40. The predicted octanol–water partition coefficient (Wildman–Crippen LogP) is 4.84. The summed E-state index contributed by atoms with van der Waals surface area (Å²) in [4.78, 5) is 17.5. The molecule has 3 aromatic rings. The van der Waals surface area contributed by atoms with Crippen LogP contribution in [0.3, 0.4) is 0 Å². The molecule has 0 aliphatic carbocycles. The number of fused-ring (bicyclic) bond motifs is 1. The van der Waals surface area contributed by atoms with Gasteiger partial charge in [-0.2, -0.15) is 5.10 Å². The maximum atomic E-state index is 12.9. The Kier molecular flexibility index (Phi) is 4.52. The van der Waals surface area contributed by atoms with Gasteiger partial charge in [0.25, 0.3) is 5.91 Å². The number of carbonyl (C=O) groups excluding carboxylic acids is 1. The standard InChI is InChI=1S/C19H21ClN4O/c1-10(2)24-18-15(9-21-24)14(8-13(5)22-18)19(25)23-17-12(4)6-11(3)7-16(17)20/h6-10H,1-5H3,(H,23,25). The van der Waals surface area contributed by atoms with Gasteiger partial charge in [0.15, 0.2) is 5.65 Å². The molecule has 0 fully saturated rings. The Balaban J connectivity index is 2.06. The highest BCUT2D eigenvalue weighted by Gasteiger charge is 2.18. The molecule has 3 rings (SSSR count). The van der Waals surface area contributed by atoms with E-state index in [9.17, 15) is 4.79 Å². The van der Waals surface area contributed by atoms with Crippen LogP contribution in [0.15, 0.2) is 24.4 Å². The number of aryl methyl sites for hydroxylation is 3. The first kappa shape index (κ1) is 17.4. The second kappa shape index (κ2) is 6.48. The molecule has 0 atom stereocenters. The van der Waals surface area contributed by atoms with Gasteiger partial charge in [-0.25, -0.2) is 9.67 Å². The summed E-state index contributed by atoms with van der Waals surface area (Å²) in [5, 5.41) is 8.59. The fourth-order valence-corrected chi connectivity index (χ4v) is 3.33. The smallest absolute Gasteiger partial charge is 0.256 e. The third kappa shape index (κ3) is 3.24. The molecule has 0 saturated heterocycles. The van der Waals surface area contributed by atoms with Crippen molar-refractivity contribution >= 4 is 34.2 Å². The van der Waals surface area contributed by atoms with Crippen LogP contribution in [0.2, 0.25) is 5.02 Å². The van der Waals surface area contributed by atoms with E-state index >= 15 is 0 Å². The molecule has 0 radical (unpaired) electrons. The highest BCUT2D eigenvalue weighted by molar-refractivity contribution is 6.34. The van der Waals surface area contributed by atoms with Crippen LogP contribution in [0, 0.1) is 20.8 Å². The molecule has 130 valence electrons. The Morgan fingerprint density at radius 2 is 1.92 bits per heavy atom. The number of rotatable bonds is 3. The summed E-state index contributed by atoms with van der Waals surface area (Å²) in [6, 6.07) is 5.78. The Morgan fingerprint density at radius 3 is 2.56 bits per heavy atom. The number of hydrogen-bond acceptors (Lipinski definition) is 3. The topological polar surface area (TPSA) is 59.8 Å². The van der Waals surface area contributed by atoms with Crippen molar-refractivity contribution in [1.29, 1.82) is 0 Å². The summed E-state index contributed by atoms with van der Waals surface area (Å²) in [6.07, 6.45) is 1.69. The third-order valence-electron chi connectivity index (χ3n) is 4.10. The van der Waals surface area contributed by atoms with E-state index in [1.54, 1.807) is 12.3 Å². The Bertz CT molecular complexity index is 952. The lowest BCUT2D eigenvalue weighted by Gasteiger charge is -2.13. The lowest BCUT2D eigenvalue weighted by Crippen LogP contribution is -2.14. The van der Waals surface area contributed by atoms with Crippen molar-refractivity contribution in [3.63, 3.8) is 0 Å². The van der Waals surface area contributed by atoms with Gasteiger partial charge < -0.3 is 5.32 Å². The number of nitrogens with one attached hydrogen (secondary N) is 1. The van der Waals surface area contributed by atoms with Crippen LogP contribution in [0.5, 0.6) is 0 Å². The van der Waals surface area contributed by atoms with Crippen LogP contribution in [-0.4, -0.2) is 20.7 Å². The molecule has 0 spiro atoms. The van der Waals surface area contributed by atoms with E-state index in [0.717, 1.165) is 22.2 Å². The Labute approximate surface area is 152 Å². The van der Waals surface area contributed by atoms with Crippen LogP contribution in [0.1, 0.15) is 47.1 Å². The average molecular weight is 357 g/mol. The summed E-state index contributed by atoms with van der Waals surface area (Å²) in [7, 11) is 0. The minimum atomic E-state index is -0.215.